The van der Waals surface area contributed by atoms with Crippen LogP contribution in [-0.4, -0.2) is 44.1 Å². The van der Waals surface area contributed by atoms with E-state index in [1.54, 1.807) is 16.8 Å². The van der Waals surface area contributed by atoms with Crippen LogP contribution in [0.2, 0.25) is 0 Å². The van der Waals surface area contributed by atoms with E-state index in [2.05, 4.69) is 34.3 Å². The maximum absolute atomic E-state index is 13.1. The van der Waals surface area contributed by atoms with Crippen molar-refractivity contribution in [1.82, 2.24) is 25.1 Å². The van der Waals surface area contributed by atoms with Gasteiger partial charge >= 0.3 is 0 Å². The maximum Gasteiger partial charge on any atom is 0.220 e. The monoisotopic (exact) mass is 396 g/mol. The number of primary amides is 1. The molecule has 1 aromatic heterocycles. The summed E-state index contributed by atoms with van der Waals surface area (Å²) in [7, 11) is 0. The molecule has 0 bridgehead atoms. The first-order chi connectivity index (χ1) is 12.5. The van der Waals surface area contributed by atoms with Crippen molar-refractivity contribution in [2.24, 2.45) is 17.6 Å². The van der Waals surface area contributed by atoms with Crippen molar-refractivity contribution < 1.29 is 9.18 Å². The van der Waals surface area contributed by atoms with Crippen LogP contribution in [0.1, 0.15) is 44.1 Å². The standard InChI is InChI=1S/C18H25FN6O.ClH/c1-12(2)16(24-9-7-14(8-10-24)17(20)26)18-21-22-23-25(18)11-13-3-5-15(19)6-4-13;/h3-6,12,14,16H,7-11H2,1-2H3,(H2,20,26);1H. The minimum absolute atomic E-state index is 0. The van der Waals surface area contributed by atoms with Gasteiger partial charge in [-0.3, -0.25) is 9.69 Å². The van der Waals surface area contributed by atoms with Gasteiger partial charge in [0.15, 0.2) is 5.82 Å². The third-order valence-electron chi connectivity index (χ3n) is 5.03. The first-order valence-corrected chi connectivity index (χ1v) is 8.99. The molecular formula is C18H26ClFN6O. The first-order valence-electron chi connectivity index (χ1n) is 8.99. The Labute approximate surface area is 164 Å². The van der Waals surface area contributed by atoms with Gasteiger partial charge in [0, 0.05) is 5.92 Å². The Morgan fingerprint density at radius 3 is 2.44 bits per heavy atom. The summed E-state index contributed by atoms with van der Waals surface area (Å²) in [6, 6.07) is 6.41. The van der Waals surface area contributed by atoms with E-state index in [1.807, 2.05) is 0 Å². The fraction of sp³-hybridized carbons (Fsp3) is 0.556. The average molecular weight is 397 g/mol. The Morgan fingerprint density at radius 1 is 1.26 bits per heavy atom. The molecule has 2 heterocycles. The zero-order valence-corrected chi connectivity index (χ0v) is 16.4. The fourth-order valence-electron chi connectivity index (χ4n) is 3.64. The zero-order chi connectivity index (χ0) is 18.7. The van der Waals surface area contributed by atoms with E-state index in [0.717, 1.165) is 37.3 Å². The minimum atomic E-state index is -0.261. The summed E-state index contributed by atoms with van der Waals surface area (Å²) < 4.78 is 14.9. The lowest BCUT2D eigenvalue weighted by molar-refractivity contribution is -0.123. The largest absolute Gasteiger partial charge is 0.369 e. The van der Waals surface area contributed by atoms with Gasteiger partial charge in [-0.05, 0) is 60.0 Å². The van der Waals surface area contributed by atoms with Crippen LogP contribution < -0.4 is 5.73 Å². The smallest absolute Gasteiger partial charge is 0.220 e. The lowest BCUT2D eigenvalue weighted by Crippen LogP contribution is -2.42. The molecule has 2 N–H and O–H groups in total. The molecule has 2 aromatic rings. The Balaban J connectivity index is 0.00000261. The first kappa shape index (κ1) is 21.2. The zero-order valence-electron chi connectivity index (χ0n) is 15.6. The highest BCUT2D eigenvalue weighted by Crippen LogP contribution is 2.31. The molecule has 1 aliphatic rings. The quantitative estimate of drug-likeness (QED) is 0.808. The van der Waals surface area contributed by atoms with Crippen molar-refractivity contribution in [3.63, 3.8) is 0 Å². The molecule has 1 aromatic carbocycles. The summed E-state index contributed by atoms with van der Waals surface area (Å²) in [5.74, 6) is 0.573. The van der Waals surface area contributed by atoms with E-state index in [9.17, 15) is 9.18 Å². The Kier molecular flexibility index (Phi) is 7.26. The van der Waals surface area contributed by atoms with Crippen molar-refractivity contribution in [2.75, 3.05) is 13.1 Å². The molecule has 27 heavy (non-hydrogen) atoms. The Hall–Kier alpha value is -2.06. The summed E-state index contributed by atoms with van der Waals surface area (Å²) in [6.45, 7) is 6.35. The molecule has 0 saturated carbocycles. The maximum atomic E-state index is 13.1. The third-order valence-corrected chi connectivity index (χ3v) is 5.03. The second-order valence-corrected chi connectivity index (χ2v) is 7.22. The van der Waals surface area contributed by atoms with Gasteiger partial charge in [-0.15, -0.1) is 17.5 Å². The van der Waals surface area contributed by atoms with Crippen LogP contribution in [0.5, 0.6) is 0 Å². The van der Waals surface area contributed by atoms with Crippen LogP contribution in [0, 0.1) is 17.7 Å². The number of tetrazole rings is 1. The molecule has 0 spiro atoms. The van der Waals surface area contributed by atoms with Crippen molar-refractivity contribution >= 4 is 18.3 Å². The molecule has 1 aliphatic heterocycles. The number of benzene rings is 1. The van der Waals surface area contributed by atoms with Crippen molar-refractivity contribution in [2.45, 2.75) is 39.3 Å². The molecule has 1 atom stereocenters. The highest BCUT2D eigenvalue weighted by molar-refractivity contribution is 5.85. The second-order valence-electron chi connectivity index (χ2n) is 7.22. The van der Waals surface area contributed by atoms with Gasteiger partial charge in [0.05, 0.1) is 12.6 Å². The fourth-order valence-corrected chi connectivity index (χ4v) is 3.64. The number of hydrogen-bond donors (Lipinski definition) is 1. The summed E-state index contributed by atoms with van der Waals surface area (Å²) >= 11 is 0. The van der Waals surface area contributed by atoms with Crippen LogP contribution in [-0.2, 0) is 11.3 Å². The molecule has 1 unspecified atom stereocenters. The summed E-state index contributed by atoms with van der Waals surface area (Å²) in [6.07, 6.45) is 1.52. The molecule has 0 radical (unpaired) electrons. The van der Waals surface area contributed by atoms with Gasteiger partial charge in [0.2, 0.25) is 5.91 Å². The molecule has 0 aliphatic carbocycles. The van der Waals surface area contributed by atoms with Gasteiger partial charge in [-0.2, -0.15) is 0 Å². The number of hydrogen-bond acceptors (Lipinski definition) is 5. The predicted octanol–water partition coefficient (Wildman–Crippen LogP) is 2.18. The lowest BCUT2D eigenvalue weighted by Gasteiger charge is -2.38. The topological polar surface area (TPSA) is 89.9 Å². The van der Waals surface area contributed by atoms with Gasteiger partial charge in [-0.1, -0.05) is 26.0 Å². The van der Waals surface area contributed by atoms with E-state index in [4.69, 9.17) is 5.73 Å². The van der Waals surface area contributed by atoms with E-state index in [-0.39, 0.29) is 36.1 Å². The number of aromatic nitrogens is 4. The van der Waals surface area contributed by atoms with Gasteiger partial charge < -0.3 is 5.73 Å². The van der Waals surface area contributed by atoms with Gasteiger partial charge in [-0.25, -0.2) is 9.07 Å². The molecule has 9 heteroatoms. The number of piperidine rings is 1. The molecule has 1 fully saturated rings. The summed E-state index contributed by atoms with van der Waals surface area (Å²) in [5.41, 5.74) is 6.38. The van der Waals surface area contributed by atoms with Crippen molar-refractivity contribution in [1.29, 1.82) is 0 Å². The Morgan fingerprint density at radius 2 is 1.89 bits per heavy atom. The van der Waals surface area contributed by atoms with Crippen LogP contribution in [0.4, 0.5) is 4.39 Å². The Bertz CT molecular complexity index is 743. The lowest BCUT2D eigenvalue weighted by atomic mass is 9.92. The molecule has 3 rings (SSSR count). The SMILES string of the molecule is CC(C)C(c1nnnn1Cc1ccc(F)cc1)N1CCC(C(N)=O)CC1.Cl. The number of likely N-dealkylation sites (tertiary alicyclic amines) is 1. The highest BCUT2D eigenvalue weighted by atomic mass is 35.5. The van der Waals surface area contributed by atoms with Crippen molar-refractivity contribution in [3.05, 3.63) is 41.5 Å². The molecule has 148 valence electrons. The molecular weight excluding hydrogens is 371 g/mol. The van der Waals surface area contributed by atoms with Crippen LogP contribution in [0.3, 0.4) is 0 Å². The van der Waals surface area contributed by atoms with Crippen LogP contribution in [0.25, 0.3) is 0 Å². The van der Waals surface area contributed by atoms with Gasteiger partial charge in [0.1, 0.15) is 5.82 Å². The number of carbonyl (C=O) groups excluding carboxylic acids is 1. The van der Waals surface area contributed by atoms with Crippen molar-refractivity contribution in [3.8, 4) is 0 Å². The van der Waals surface area contributed by atoms with Gasteiger partial charge in [0.25, 0.3) is 0 Å². The number of halogens is 2. The summed E-state index contributed by atoms with van der Waals surface area (Å²) in [5, 5.41) is 12.3. The minimum Gasteiger partial charge on any atom is -0.369 e. The molecule has 1 amide bonds. The van der Waals surface area contributed by atoms with Crippen LogP contribution in [0.15, 0.2) is 24.3 Å². The number of rotatable bonds is 6. The third kappa shape index (κ3) is 5.01. The second kappa shape index (κ2) is 9.23. The van der Waals surface area contributed by atoms with Crippen LogP contribution >= 0.6 is 12.4 Å². The predicted molar refractivity (Wildman–Crippen MR) is 102 cm³/mol. The summed E-state index contributed by atoms with van der Waals surface area (Å²) in [4.78, 5) is 13.7. The average Bonchev–Trinajstić information content (AvgIpc) is 3.05. The van der Waals surface area contributed by atoms with E-state index in [0.29, 0.717) is 12.5 Å². The van der Waals surface area contributed by atoms with E-state index >= 15 is 0 Å². The number of nitrogens with zero attached hydrogens (tertiary/aromatic N) is 5. The number of carbonyl (C=O) groups is 1. The highest BCUT2D eigenvalue weighted by Gasteiger charge is 2.33. The van der Waals surface area contributed by atoms with E-state index < -0.39 is 0 Å². The molecule has 7 nitrogen and oxygen atoms in total. The molecule has 1 saturated heterocycles. The van der Waals surface area contributed by atoms with E-state index in [1.165, 1.54) is 12.1 Å². The number of nitrogens with two attached hydrogens (primary N) is 1. The number of amides is 1. The normalized spacial score (nSPS) is 16.9.